The maximum absolute atomic E-state index is 7.17. The number of hydrogen-bond donors (Lipinski definition) is 0. The second-order valence-electron chi connectivity index (χ2n) is 43.5. The van der Waals surface area contributed by atoms with E-state index in [0.717, 1.165) is 46.0 Å². The Bertz CT molecular complexity index is 9850. The molecule has 0 fully saturated rings. The molecule has 8 aliphatic rings. The number of benzene rings is 24. The fourth-order valence-electron chi connectivity index (χ4n) is 28.1. The van der Waals surface area contributed by atoms with Gasteiger partial charge < -0.3 is 18.9 Å². The smallest absolute Gasteiger partial charge is 0.251 e. The molecule has 32 rings (SSSR count). The third kappa shape index (κ3) is 12.0. The molecule has 8 aliphatic heterocycles. The van der Waals surface area contributed by atoms with Crippen molar-refractivity contribution in [3.05, 3.63) is 456 Å². The molecule has 24 aromatic rings. The normalized spacial score (nSPS) is 14.9. The summed E-state index contributed by atoms with van der Waals surface area (Å²) in [6, 6.07) is 145. The summed E-state index contributed by atoms with van der Waals surface area (Å²) in [5, 5.41) is 30.7. The summed E-state index contributed by atoms with van der Waals surface area (Å²) < 4.78 is 27.1. The highest BCUT2D eigenvalue weighted by molar-refractivity contribution is 7.00. The molecule has 0 spiro atoms. The molecule has 8 heteroatoms. The first-order valence-electron chi connectivity index (χ1n) is 50.9. The molecule has 674 valence electrons. The average molecular weight is 1830 g/mol. The van der Waals surface area contributed by atoms with Crippen LogP contribution >= 0.6 is 0 Å². The Balaban J connectivity index is 0.0000000930. The van der Waals surface area contributed by atoms with E-state index in [9.17, 15) is 0 Å². The van der Waals surface area contributed by atoms with Crippen molar-refractivity contribution in [3.8, 4) is 46.0 Å². The maximum Gasteiger partial charge on any atom is 0.251 e. The van der Waals surface area contributed by atoms with Gasteiger partial charge in [0.15, 0.2) is 0 Å². The molecule has 143 heavy (non-hydrogen) atoms. The zero-order valence-electron chi connectivity index (χ0n) is 82.0. The molecule has 0 aromatic heterocycles. The quantitative estimate of drug-likeness (QED) is 0.112. The Morgan fingerprint density at radius 2 is 0.490 bits per heavy atom. The molecule has 0 bridgehead atoms. The highest BCUT2D eigenvalue weighted by Gasteiger charge is 2.52. The molecule has 0 atom stereocenters. The van der Waals surface area contributed by atoms with Gasteiger partial charge in [0.05, 0.1) is 0 Å². The maximum atomic E-state index is 7.17. The van der Waals surface area contributed by atoms with E-state index in [1.54, 1.807) is 0 Å². The lowest BCUT2D eigenvalue weighted by Gasteiger charge is -2.42. The van der Waals surface area contributed by atoms with Crippen LogP contribution < -0.4 is 84.5 Å². The lowest BCUT2D eigenvalue weighted by Crippen LogP contribution is -2.62. The van der Waals surface area contributed by atoms with Gasteiger partial charge in [0.25, 0.3) is 26.9 Å². The topological polar surface area (TPSA) is 36.9 Å². The van der Waals surface area contributed by atoms with E-state index in [0.29, 0.717) is 0 Å². The summed E-state index contributed by atoms with van der Waals surface area (Å²) in [5.74, 6) is 7.90. The Hall–Kier alpha value is -16.1. The van der Waals surface area contributed by atoms with E-state index >= 15 is 0 Å². The first-order chi connectivity index (χ1) is 69.7. The summed E-state index contributed by atoms with van der Waals surface area (Å²) in [7, 11) is 0. The number of rotatable bonds is 0. The minimum Gasteiger partial charge on any atom is -0.458 e. The van der Waals surface area contributed by atoms with Crippen molar-refractivity contribution < 1.29 is 18.9 Å². The molecule has 0 N–H and O–H groups in total. The van der Waals surface area contributed by atoms with Crippen molar-refractivity contribution in [1.82, 2.24) is 0 Å². The van der Waals surface area contributed by atoms with E-state index in [1.165, 1.54) is 256 Å². The average Bonchev–Trinajstić information content (AvgIpc) is 0.688. The van der Waals surface area contributed by atoms with E-state index < -0.39 is 0 Å². The zero-order valence-corrected chi connectivity index (χ0v) is 82.0. The summed E-state index contributed by atoms with van der Waals surface area (Å²) in [4.78, 5) is 0. The highest BCUT2D eigenvalue weighted by atomic mass is 16.5. The van der Waals surface area contributed by atoms with Crippen LogP contribution in [0.15, 0.2) is 394 Å². The van der Waals surface area contributed by atoms with Crippen LogP contribution in [0.25, 0.3) is 129 Å². The van der Waals surface area contributed by atoms with Gasteiger partial charge in [-0.2, -0.15) is 0 Å². The van der Waals surface area contributed by atoms with Gasteiger partial charge in [0.1, 0.15) is 46.0 Å². The largest absolute Gasteiger partial charge is 0.458 e. The molecule has 0 saturated heterocycles. The lowest BCUT2D eigenvalue weighted by molar-refractivity contribution is 0.484. The molecule has 0 aliphatic carbocycles. The van der Waals surface area contributed by atoms with E-state index in [-0.39, 0.29) is 48.5 Å². The first kappa shape index (κ1) is 83.8. The SMILES string of the molecule is CC1(C)c2ccccc2B2c3cc4c(ccc5ccccc54)cc3Oc3cc4c(ccc5ccccc54)c1c32.CC1(C)c2ccccc2B2c3cc4c5ccccc5c5ccccc5c4cc3Oc3cc4c5ccccc5c5ccccc5c4c1c32.CC1(C)c2ccccc2B2c3cc4ccccc4cc3Oc3cc4ccccc4c1c32.Cc1ccc2c(c1)B1c3ccc(C)cc3C(C)(C)c3c(C)ccc(c31)O2. The molecule has 0 unspecified atom stereocenters. The van der Waals surface area contributed by atoms with E-state index in [4.69, 9.17) is 18.9 Å². The van der Waals surface area contributed by atoms with Gasteiger partial charge in [-0.05, 0) is 292 Å². The predicted molar refractivity (Wildman–Crippen MR) is 609 cm³/mol. The Kier molecular flexibility index (Phi) is 17.8. The van der Waals surface area contributed by atoms with Crippen molar-refractivity contribution in [2.45, 2.75) is 97.8 Å². The summed E-state index contributed by atoms with van der Waals surface area (Å²) in [5.41, 5.74) is 30.7. The highest BCUT2D eigenvalue weighted by Crippen LogP contribution is 2.52. The van der Waals surface area contributed by atoms with Gasteiger partial charge in [-0.3, -0.25) is 0 Å². The number of aryl methyl sites for hydroxylation is 3. The van der Waals surface area contributed by atoms with Crippen molar-refractivity contribution in [1.29, 1.82) is 0 Å². The van der Waals surface area contributed by atoms with Crippen LogP contribution in [-0.2, 0) is 21.7 Å². The van der Waals surface area contributed by atoms with Crippen LogP contribution in [0, 0.1) is 20.8 Å². The van der Waals surface area contributed by atoms with Crippen molar-refractivity contribution >= 4 is 222 Å². The van der Waals surface area contributed by atoms with Gasteiger partial charge in [-0.25, -0.2) is 0 Å². The second kappa shape index (κ2) is 30.4. The monoisotopic (exact) mass is 1830 g/mol. The van der Waals surface area contributed by atoms with Crippen LogP contribution in [-0.4, -0.2) is 26.9 Å². The molecule has 0 radical (unpaired) electrons. The summed E-state index contributed by atoms with van der Waals surface area (Å²) in [6.45, 7) is 26.3. The minimum atomic E-state index is -0.234. The summed E-state index contributed by atoms with van der Waals surface area (Å²) in [6.07, 6.45) is 0. The molecule has 24 aromatic carbocycles. The molecular formula is C135H98B4O4. The van der Waals surface area contributed by atoms with Gasteiger partial charge in [-0.1, -0.05) is 434 Å². The van der Waals surface area contributed by atoms with Crippen LogP contribution in [0.2, 0.25) is 0 Å². The molecular weight excluding hydrogens is 1730 g/mol. The number of hydrogen-bond acceptors (Lipinski definition) is 4. The zero-order chi connectivity index (χ0) is 95.9. The number of fused-ring (bicyclic) bond motifs is 39. The van der Waals surface area contributed by atoms with Crippen LogP contribution in [0.4, 0.5) is 0 Å². The molecule has 0 saturated carbocycles. The Morgan fingerprint density at radius 3 is 1.07 bits per heavy atom. The molecule has 8 heterocycles. The third-order valence-electron chi connectivity index (χ3n) is 34.1. The Labute approximate surface area is 833 Å². The van der Waals surface area contributed by atoms with E-state index in [1.807, 2.05) is 0 Å². The first-order valence-corrected chi connectivity index (χ1v) is 50.9. The van der Waals surface area contributed by atoms with Crippen LogP contribution in [0.3, 0.4) is 0 Å². The van der Waals surface area contributed by atoms with Gasteiger partial charge in [-0.15, -0.1) is 0 Å². The van der Waals surface area contributed by atoms with E-state index in [2.05, 4.69) is 470 Å². The molecule has 0 amide bonds. The fraction of sp³-hybridized carbons (Fsp3) is 0.111. The summed E-state index contributed by atoms with van der Waals surface area (Å²) >= 11 is 0. The third-order valence-corrected chi connectivity index (χ3v) is 34.1. The van der Waals surface area contributed by atoms with Crippen LogP contribution in [0.1, 0.15) is 117 Å². The van der Waals surface area contributed by atoms with Gasteiger partial charge in [0, 0.05) is 21.7 Å². The van der Waals surface area contributed by atoms with Crippen molar-refractivity contribution in [3.63, 3.8) is 0 Å². The van der Waals surface area contributed by atoms with Crippen molar-refractivity contribution in [2.75, 3.05) is 0 Å². The minimum absolute atomic E-state index is 0.0298. The fourth-order valence-corrected chi connectivity index (χ4v) is 28.1. The number of ether oxygens (including phenoxy) is 4. The Morgan fingerprint density at radius 1 is 0.168 bits per heavy atom. The van der Waals surface area contributed by atoms with Gasteiger partial charge in [0.2, 0.25) is 0 Å². The standard InChI is InChI=1S/C45H29BO.C37H25BO.C29H21BO.C24H23BO/c1-45(2)37-21-11-12-22-38(37)46-39-23-34-30-17-6-3-13-26(30)27-14-4-7-18-31(27)35(34)24-40(39)47-41-25-36-32-19-8-5-15-28(32)29-16-9-10-20-33(29)42(36)43(45)44(41)46;1-37(2)30-13-7-8-14-31(30)38-32-20-28-24(16-15-22-9-3-5-11-25(22)28)19-33(32)39-34-21-29-26-12-6-4-10-23(26)17-18-27(29)35(37)36(34)38;1-29(2)22-13-7-8-14-23(22)30-24-15-18-9-3-4-10-19(18)16-25(24)31-26-17-20-11-5-6-12-21(20)27(29)28(26)30;1-14-6-9-18-17(12-14)24(4,5)22-16(3)8-11-21-23(22)25(18)19-13-15(2)7-10-20(19)26-21/h3-25H,1-2H3;3-21H,1-2H3;3-17H,1-2H3;6-13H,1-5H3. The lowest BCUT2D eigenvalue weighted by atomic mass is 9.30. The predicted octanol–water partition coefficient (Wildman–Crippen LogP) is 26.6. The van der Waals surface area contributed by atoms with Crippen molar-refractivity contribution in [2.24, 2.45) is 0 Å². The molecule has 4 nitrogen and oxygen atoms in total. The van der Waals surface area contributed by atoms with Crippen LogP contribution in [0.5, 0.6) is 46.0 Å². The second-order valence-corrected chi connectivity index (χ2v) is 43.5. The van der Waals surface area contributed by atoms with Gasteiger partial charge >= 0.3 is 0 Å².